The van der Waals surface area contributed by atoms with E-state index in [0.717, 1.165) is 17.7 Å². The van der Waals surface area contributed by atoms with Crippen molar-refractivity contribution in [1.82, 2.24) is 4.90 Å². The molecule has 0 bridgehead atoms. The van der Waals surface area contributed by atoms with Crippen LogP contribution in [0.3, 0.4) is 0 Å². The van der Waals surface area contributed by atoms with Gasteiger partial charge in [-0.3, -0.25) is 4.79 Å². The quantitative estimate of drug-likeness (QED) is 0.234. The first-order chi connectivity index (χ1) is 7.63. The Hall–Kier alpha value is -0.240. The third kappa shape index (κ3) is 13.8. The molecule has 1 amide bonds. The molecule has 0 saturated carbocycles. The molecular weight excluding hydrogens is 440 g/mol. The Balaban J connectivity index is 0. The number of hydrogen-bond donors (Lipinski definition) is 1. The molecule has 0 saturated heterocycles. The van der Waals surface area contributed by atoms with E-state index >= 15 is 0 Å². The van der Waals surface area contributed by atoms with E-state index in [9.17, 15) is 4.79 Å². The number of unbranched alkanes of at least 4 members (excludes halogenated alkanes) is 1. The number of hydrogen-bond acceptors (Lipinski definition) is 3. The van der Waals surface area contributed by atoms with Crippen LogP contribution < -0.4 is 0 Å². The van der Waals surface area contributed by atoms with Gasteiger partial charge in [-0.2, -0.15) is 0 Å². The molecule has 0 aromatic rings. The van der Waals surface area contributed by atoms with Crippen LogP contribution >= 0.6 is 45.6 Å². The Morgan fingerprint density at radius 3 is 2.50 bits per heavy atom. The molecule has 0 unspecified atom stereocenters. The van der Waals surface area contributed by atoms with Crippen molar-refractivity contribution in [2.45, 2.75) is 19.8 Å². The Bertz CT molecular complexity index is 250. The molecule has 0 spiro atoms. The van der Waals surface area contributed by atoms with Crippen molar-refractivity contribution in [3.8, 4) is 12.0 Å². The van der Waals surface area contributed by atoms with Gasteiger partial charge in [0.2, 0.25) is 0 Å². The zero-order valence-electron chi connectivity index (χ0n) is 8.78. The molecule has 0 aliphatic rings. The van der Waals surface area contributed by atoms with E-state index in [1.807, 2.05) is 6.92 Å². The highest BCUT2D eigenvalue weighted by Gasteiger charge is 2.06. The van der Waals surface area contributed by atoms with Gasteiger partial charge in [-0.15, -0.1) is 0 Å². The molecule has 0 atom stereocenters. The number of carbonyl (C=O) groups excluding carboxylic acids is 1. The van der Waals surface area contributed by atoms with Crippen LogP contribution in [0.25, 0.3) is 0 Å². The molecule has 0 aromatic heterocycles. The van der Waals surface area contributed by atoms with Crippen LogP contribution in [0, 0.1) is 12.0 Å². The van der Waals surface area contributed by atoms with Gasteiger partial charge in [0.15, 0.2) is 23.0 Å². The minimum atomic E-state index is -0.958. The molecule has 0 heterocycles. The van der Waals surface area contributed by atoms with Crippen molar-refractivity contribution in [1.29, 1.82) is 0 Å². The molecule has 0 aliphatic heterocycles. The highest BCUT2D eigenvalue weighted by molar-refractivity contribution is 14.1. The van der Waals surface area contributed by atoms with Crippen LogP contribution in [-0.4, -0.2) is 33.5 Å². The maximum Gasteiger partial charge on any atom is 0.419 e. The summed E-state index contributed by atoms with van der Waals surface area (Å²) in [5.74, 6) is 2.72. The second-order valence-corrected chi connectivity index (χ2v) is 3.67. The zero-order chi connectivity index (χ0) is 12.8. The van der Waals surface area contributed by atoms with Crippen molar-refractivity contribution < 1.29 is 17.8 Å². The molecular formula is C9H13I2NO4. The maximum atomic E-state index is 10.5. The van der Waals surface area contributed by atoms with E-state index in [2.05, 4.69) is 37.6 Å². The summed E-state index contributed by atoms with van der Waals surface area (Å²) in [5.41, 5.74) is 0. The summed E-state index contributed by atoms with van der Waals surface area (Å²) in [6.45, 7) is 2.89. The molecule has 0 aromatic carbocycles. The summed E-state index contributed by atoms with van der Waals surface area (Å²) in [5, 5.41) is 8.65. The molecule has 7 heteroatoms. The maximum absolute atomic E-state index is 10.5. The number of carbonyl (C=O) groups is 2. The lowest BCUT2D eigenvalue weighted by Gasteiger charge is -2.09. The predicted octanol–water partition coefficient (Wildman–Crippen LogP) is 2.67. The summed E-state index contributed by atoms with van der Waals surface area (Å²) >= 11 is 3.57. The number of nitrogens with zero attached hydrogens (tertiary/aromatic N) is 1. The highest BCUT2D eigenvalue weighted by atomic mass is 127. The van der Waals surface area contributed by atoms with Gasteiger partial charge in [0.05, 0.1) is 4.43 Å². The first-order valence-electron chi connectivity index (χ1n) is 4.39. The summed E-state index contributed by atoms with van der Waals surface area (Å²) in [6, 6.07) is 2.58. The average molecular weight is 453 g/mol. The molecule has 92 valence electrons. The summed E-state index contributed by atoms with van der Waals surface area (Å²) in [6.07, 6.45) is 0.888. The molecule has 0 rings (SSSR count). The molecule has 0 aliphatic carbocycles. The van der Waals surface area contributed by atoms with Gasteiger partial charge in [-0.05, 0) is 6.42 Å². The smallest absolute Gasteiger partial charge is 0.419 e. The van der Waals surface area contributed by atoms with Crippen molar-refractivity contribution in [3.05, 3.63) is 0 Å². The first-order valence-corrected chi connectivity index (χ1v) is 6.80. The van der Waals surface area contributed by atoms with E-state index in [-0.39, 0.29) is 0 Å². The number of rotatable bonds is 4. The highest BCUT2D eigenvalue weighted by Crippen LogP contribution is 1.93. The summed E-state index contributed by atoms with van der Waals surface area (Å²) in [7, 11) is 0. The normalized spacial score (nSPS) is 7.69. The minimum Gasteiger partial charge on any atom is -0.464 e. The van der Waals surface area contributed by atoms with Gasteiger partial charge in [-0.25, -0.2) is 9.69 Å². The van der Waals surface area contributed by atoms with Gasteiger partial charge in [0.25, 0.3) is 0 Å². The number of halogens is 2. The lowest BCUT2D eigenvalue weighted by molar-refractivity contribution is -0.118. The van der Waals surface area contributed by atoms with E-state index in [4.69, 9.17) is 9.90 Å². The van der Waals surface area contributed by atoms with Crippen LogP contribution in [0.5, 0.6) is 0 Å². The van der Waals surface area contributed by atoms with E-state index in [1.165, 1.54) is 23.0 Å². The second kappa shape index (κ2) is 14.8. The standard InChI is InChI=1S/C8H12INO2.CHIO2/c1-2-3-6-10(8(11)12)7-4-5-9;2-4-1-3/h2-3,5-6H2,1H3,(H,11,12);1H. The van der Waals surface area contributed by atoms with Crippen LogP contribution in [0.4, 0.5) is 4.79 Å². The fourth-order valence-corrected chi connectivity index (χ4v) is 0.811. The van der Waals surface area contributed by atoms with Crippen molar-refractivity contribution >= 4 is 58.2 Å². The Kier molecular flexibility index (Phi) is 16.7. The number of amides is 1. The first kappa shape index (κ1) is 18.1. The molecule has 1 N–H and O–H groups in total. The van der Waals surface area contributed by atoms with Crippen LogP contribution in [0.2, 0.25) is 0 Å². The fourth-order valence-electron chi connectivity index (χ4n) is 0.641. The van der Waals surface area contributed by atoms with E-state index in [0.29, 0.717) is 17.4 Å². The monoisotopic (exact) mass is 453 g/mol. The SMILES string of the molecule is CCCCN(C#CCI)C(=O)O.O=COI. The largest absolute Gasteiger partial charge is 0.464 e. The predicted molar refractivity (Wildman–Crippen MR) is 77.5 cm³/mol. The molecule has 0 fully saturated rings. The van der Waals surface area contributed by atoms with Gasteiger partial charge in [0, 0.05) is 12.6 Å². The minimum absolute atomic E-state index is 0.362. The third-order valence-electron chi connectivity index (χ3n) is 1.28. The zero-order valence-corrected chi connectivity index (χ0v) is 13.1. The van der Waals surface area contributed by atoms with Crippen molar-refractivity contribution in [3.63, 3.8) is 0 Å². The number of alkyl halides is 1. The Morgan fingerprint density at radius 1 is 1.62 bits per heavy atom. The Labute approximate surface area is 123 Å². The van der Waals surface area contributed by atoms with Crippen molar-refractivity contribution in [2.75, 3.05) is 11.0 Å². The van der Waals surface area contributed by atoms with E-state index < -0.39 is 6.09 Å². The lowest BCUT2D eigenvalue weighted by atomic mass is 10.3. The number of carboxylic acid groups (broad SMARTS) is 1. The van der Waals surface area contributed by atoms with Gasteiger partial charge >= 0.3 is 12.6 Å². The van der Waals surface area contributed by atoms with Gasteiger partial charge < -0.3 is 8.17 Å². The molecule has 16 heavy (non-hydrogen) atoms. The fraction of sp³-hybridized carbons (Fsp3) is 0.556. The summed E-state index contributed by atoms with van der Waals surface area (Å²) in [4.78, 5) is 20.6. The average Bonchev–Trinajstić information content (AvgIpc) is 2.29. The molecule has 0 radical (unpaired) electrons. The summed E-state index contributed by atoms with van der Waals surface area (Å²) < 4.78 is 4.49. The Morgan fingerprint density at radius 2 is 2.19 bits per heavy atom. The van der Waals surface area contributed by atoms with Crippen molar-refractivity contribution in [2.24, 2.45) is 0 Å². The van der Waals surface area contributed by atoms with Gasteiger partial charge in [0.1, 0.15) is 0 Å². The van der Waals surface area contributed by atoms with E-state index in [1.54, 1.807) is 0 Å². The van der Waals surface area contributed by atoms with Gasteiger partial charge in [-0.1, -0.05) is 41.9 Å². The topological polar surface area (TPSA) is 66.8 Å². The second-order valence-electron chi connectivity index (χ2n) is 2.40. The van der Waals surface area contributed by atoms with Crippen LogP contribution in [0.15, 0.2) is 0 Å². The third-order valence-corrected chi connectivity index (χ3v) is 1.87. The lowest BCUT2D eigenvalue weighted by Crippen LogP contribution is -2.25. The van der Waals surface area contributed by atoms with Crippen LogP contribution in [-0.2, 0) is 7.86 Å². The molecule has 5 nitrogen and oxygen atoms in total. The van der Waals surface area contributed by atoms with Crippen LogP contribution in [0.1, 0.15) is 19.8 Å².